The fraction of sp³-hybridized carbons (Fsp3) is 0.333. The molecule has 0 N–H and O–H groups in total. The van der Waals surface area contributed by atoms with E-state index in [1.807, 2.05) is 0 Å². The topological polar surface area (TPSA) is 21.7 Å². The molecule has 1 atom stereocenters. The fourth-order valence-corrected chi connectivity index (χ4v) is 6.22. The molecule has 6 rings (SSSR count). The van der Waals surface area contributed by atoms with Crippen LogP contribution in [0.4, 0.5) is 0 Å². The number of hydrogen-bond donors (Lipinski definition) is 0. The zero-order valence-corrected chi connectivity index (χ0v) is 24.2. The SMILES string of the molecule is CC1(C)OB(C2(C(c3ccccc3-c3ccccc3)N(Cc3ccccc3)Cc3ccccc3)CC2)OC1(C)C. The molecule has 1 saturated heterocycles. The van der Waals surface area contributed by atoms with Gasteiger partial charge in [0.1, 0.15) is 0 Å². The quantitative estimate of drug-likeness (QED) is 0.202. The van der Waals surface area contributed by atoms with Gasteiger partial charge >= 0.3 is 7.12 Å². The fourth-order valence-electron chi connectivity index (χ4n) is 6.22. The Hall–Kier alpha value is -3.18. The summed E-state index contributed by atoms with van der Waals surface area (Å²) >= 11 is 0. The largest absolute Gasteiger partial charge is 0.466 e. The summed E-state index contributed by atoms with van der Waals surface area (Å²) in [6.07, 6.45) is 2.13. The molecule has 4 aromatic carbocycles. The van der Waals surface area contributed by atoms with E-state index in [4.69, 9.17) is 9.31 Å². The maximum Gasteiger partial charge on any atom is 0.466 e. The minimum atomic E-state index is -0.375. The second-order valence-corrected chi connectivity index (χ2v) is 12.6. The van der Waals surface area contributed by atoms with Crippen molar-refractivity contribution >= 4 is 7.12 Å². The number of rotatable bonds is 9. The van der Waals surface area contributed by atoms with Gasteiger partial charge in [-0.3, -0.25) is 4.90 Å². The van der Waals surface area contributed by atoms with Crippen LogP contribution in [0.2, 0.25) is 5.31 Å². The Morgan fingerprint density at radius 1 is 0.625 bits per heavy atom. The van der Waals surface area contributed by atoms with Crippen LogP contribution in [0.1, 0.15) is 63.3 Å². The molecule has 0 bridgehead atoms. The lowest BCUT2D eigenvalue weighted by molar-refractivity contribution is 0.00578. The van der Waals surface area contributed by atoms with Crippen LogP contribution in [-0.4, -0.2) is 23.2 Å². The second kappa shape index (κ2) is 10.7. The Kier molecular flexibility index (Phi) is 7.20. The Labute approximate surface area is 240 Å². The zero-order chi connectivity index (χ0) is 27.8. The Morgan fingerprint density at radius 2 is 1.07 bits per heavy atom. The summed E-state index contributed by atoms with van der Waals surface area (Å²) in [5, 5.41) is -0.153. The molecule has 1 heterocycles. The summed E-state index contributed by atoms with van der Waals surface area (Å²) < 4.78 is 13.7. The first-order chi connectivity index (χ1) is 19.3. The molecule has 1 aliphatic heterocycles. The van der Waals surface area contributed by atoms with Crippen LogP contribution < -0.4 is 0 Å². The van der Waals surface area contributed by atoms with E-state index in [1.54, 1.807) is 0 Å². The van der Waals surface area contributed by atoms with Crippen LogP contribution in [0.25, 0.3) is 11.1 Å². The molecule has 204 valence electrons. The molecule has 40 heavy (non-hydrogen) atoms. The van der Waals surface area contributed by atoms with Crippen LogP contribution in [0, 0.1) is 0 Å². The van der Waals surface area contributed by atoms with Gasteiger partial charge in [-0.15, -0.1) is 0 Å². The van der Waals surface area contributed by atoms with Gasteiger partial charge in [-0.1, -0.05) is 115 Å². The van der Waals surface area contributed by atoms with Gasteiger partial charge in [-0.05, 0) is 68.4 Å². The molecule has 0 spiro atoms. The van der Waals surface area contributed by atoms with E-state index in [2.05, 4.69) is 148 Å². The maximum absolute atomic E-state index is 6.84. The summed E-state index contributed by atoms with van der Waals surface area (Å²) in [7, 11) is -0.277. The van der Waals surface area contributed by atoms with Crippen molar-refractivity contribution in [3.63, 3.8) is 0 Å². The molecule has 0 amide bonds. The lowest BCUT2D eigenvalue weighted by atomic mass is 9.61. The third kappa shape index (κ3) is 5.17. The monoisotopic (exact) mass is 529 g/mol. The van der Waals surface area contributed by atoms with Crippen molar-refractivity contribution in [3.8, 4) is 11.1 Å². The molecule has 1 aliphatic carbocycles. The van der Waals surface area contributed by atoms with E-state index in [0.29, 0.717) is 0 Å². The number of benzene rings is 4. The Balaban J connectivity index is 1.51. The van der Waals surface area contributed by atoms with Crippen molar-refractivity contribution in [2.24, 2.45) is 0 Å². The van der Waals surface area contributed by atoms with Crippen LogP contribution in [0.3, 0.4) is 0 Å². The van der Waals surface area contributed by atoms with E-state index in [9.17, 15) is 0 Å². The standard InChI is InChI=1S/C36H40BNO2/c1-34(2)35(3,4)40-37(39-34)36(24-25-36)33(32-23-15-14-22-31(32)30-20-12-7-13-21-30)38(26-28-16-8-5-9-17-28)27-29-18-10-6-11-19-29/h5-23,33H,24-27H2,1-4H3. The molecule has 0 radical (unpaired) electrons. The van der Waals surface area contributed by atoms with Crippen LogP contribution in [-0.2, 0) is 22.4 Å². The molecular weight excluding hydrogens is 489 g/mol. The van der Waals surface area contributed by atoms with Crippen LogP contribution >= 0.6 is 0 Å². The zero-order valence-electron chi connectivity index (χ0n) is 24.2. The van der Waals surface area contributed by atoms with Gasteiger partial charge in [0.15, 0.2) is 0 Å². The van der Waals surface area contributed by atoms with Crippen molar-refractivity contribution in [1.29, 1.82) is 0 Å². The Morgan fingerprint density at radius 3 is 1.57 bits per heavy atom. The summed E-state index contributed by atoms with van der Waals surface area (Å²) in [5.74, 6) is 0. The molecule has 1 saturated carbocycles. The highest BCUT2D eigenvalue weighted by Crippen LogP contribution is 2.69. The average molecular weight is 530 g/mol. The first kappa shape index (κ1) is 27.0. The molecular formula is C36H40BNO2. The third-order valence-electron chi connectivity index (χ3n) is 9.26. The Bertz CT molecular complexity index is 1360. The predicted molar refractivity (Wildman–Crippen MR) is 165 cm³/mol. The van der Waals surface area contributed by atoms with Gasteiger partial charge in [-0.25, -0.2) is 0 Å². The van der Waals surface area contributed by atoms with Crippen molar-refractivity contribution in [1.82, 2.24) is 4.90 Å². The molecule has 1 unspecified atom stereocenters. The van der Waals surface area contributed by atoms with E-state index in [-0.39, 0.29) is 29.7 Å². The minimum Gasteiger partial charge on any atom is -0.403 e. The molecule has 2 fully saturated rings. The van der Waals surface area contributed by atoms with Crippen LogP contribution in [0.15, 0.2) is 115 Å². The first-order valence-corrected chi connectivity index (χ1v) is 14.6. The normalized spacial score (nSPS) is 19.5. The van der Waals surface area contributed by atoms with Gasteiger partial charge in [0.05, 0.1) is 11.2 Å². The van der Waals surface area contributed by atoms with E-state index in [1.165, 1.54) is 27.8 Å². The molecule has 3 nitrogen and oxygen atoms in total. The van der Waals surface area contributed by atoms with Gasteiger partial charge in [-0.2, -0.15) is 0 Å². The summed E-state index contributed by atoms with van der Waals surface area (Å²) in [5.41, 5.74) is 5.73. The average Bonchev–Trinajstić information content (AvgIpc) is 3.72. The second-order valence-electron chi connectivity index (χ2n) is 12.6. The van der Waals surface area contributed by atoms with Crippen molar-refractivity contribution in [3.05, 3.63) is 132 Å². The summed E-state index contributed by atoms with van der Waals surface area (Å²) in [4.78, 5) is 2.67. The molecule has 4 heteroatoms. The van der Waals surface area contributed by atoms with E-state index in [0.717, 1.165) is 25.9 Å². The maximum atomic E-state index is 6.84. The first-order valence-electron chi connectivity index (χ1n) is 14.6. The molecule has 2 aliphatic rings. The molecule has 0 aromatic heterocycles. The predicted octanol–water partition coefficient (Wildman–Crippen LogP) is 8.72. The number of hydrogen-bond acceptors (Lipinski definition) is 3. The highest BCUT2D eigenvalue weighted by atomic mass is 16.7. The molecule has 4 aromatic rings. The third-order valence-corrected chi connectivity index (χ3v) is 9.26. The lowest BCUT2D eigenvalue weighted by Gasteiger charge is -2.40. The van der Waals surface area contributed by atoms with Crippen molar-refractivity contribution < 1.29 is 9.31 Å². The van der Waals surface area contributed by atoms with Crippen LogP contribution in [0.5, 0.6) is 0 Å². The number of nitrogens with zero attached hydrogens (tertiary/aromatic N) is 1. The highest BCUT2D eigenvalue weighted by Gasteiger charge is 2.68. The summed E-state index contributed by atoms with van der Waals surface area (Å²) in [6, 6.07) is 41.6. The van der Waals surface area contributed by atoms with Crippen molar-refractivity contribution in [2.75, 3.05) is 0 Å². The van der Waals surface area contributed by atoms with E-state index >= 15 is 0 Å². The van der Waals surface area contributed by atoms with E-state index < -0.39 is 0 Å². The minimum absolute atomic E-state index is 0.0963. The van der Waals surface area contributed by atoms with Gasteiger partial charge in [0, 0.05) is 24.4 Å². The van der Waals surface area contributed by atoms with Gasteiger partial charge < -0.3 is 9.31 Å². The van der Waals surface area contributed by atoms with Gasteiger partial charge in [0.2, 0.25) is 0 Å². The lowest BCUT2D eigenvalue weighted by Crippen LogP contribution is -2.41. The van der Waals surface area contributed by atoms with Crippen molar-refractivity contribution in [2.45, 2.75) is 76.2 Å². The summed E-state index contributed by atoms with van der Waals surface area (Å²) in [6.45, 7) is 10.3. The highest BCUT2D eigenvalue weighted by molar-refractivity contribution is 6.51. The van der Waals surface area contributed by atoms with Gasteiger partial charge in [0.25, 0.3) is 0 Å². The smallest absolute Gasteiger partial charge is 0.403 e.